The summed E-state index contributed by atoms with van der Waals surface area (Å²) in [6, 6.07) is 10.6. The Kier molecular flexibility index (Phi) is 7.52. The zero-order valence-electron chi connectivity index (χ0n) is 26.1. The van der Waals surface area contributed by atoms with Crippen LogP contribution in [0.4, 0.5) is 0 Å². The number of ketones is 4. The molecule has 2 aromatic carbocycles. The van der Waals surface area contributed by atoms with Gasteiger partial charge in [-0.2, -0.15) is 0 Å². The van der Waals surface area contributed by atoms with Crippen LogP contribution in [0.15, 0.2) is 59.1 Å². The molecule has 2 aromatic rings. The number of hydrogen-bond donors (Lipinski definition) is 4. The van der Waals surface area contributed by atoms with E-state index in [0.717, 1.165) is 12.5 Å². The van der Waals surface area contributed by atoms with Crippen LogP contribution in [0, 0.1) is 22.7 Å². The molecule has 8 nitrogen and oxygen atoms in total. The maximum atomic E-state index is 14.4. The van der Waals surface area contributed by atoms with Gasteiger partial charge in [0.2, 0.25) is 5.78 Å². The number of aryl methyl sites for hydroxylation is 2. The summed E-state index contributed by atoms with van der Waals surface area (Å²) >= 11 is 0. The highest BCUT2D eigenvalue weighted by Gasteiger charge is 2.71. The van der Waals surface area contributed by atoms with Gasteiger partial charge in [-0.25, -0.2) is 0 Å². The minimum absolute atomic E-state index is 0.00779. The van der Waals surface area contributed by atoms with E-state index in [4.69, 9.17) is 0 Å². The number of aliphatic hydroxyl groups excluding tert-OH is 2. The van der Waals surface area contributed by atoms with E-state index in [9.17, 15) is 39.6 Å². The number of phenolic OH excluding ortho intramolecular Hbond substituents is 1. The van der Waals surface area contributed by atoms with Gasteiger partial charge in [-0.05, 0) is 55.2 Å². The van der Waals surface area contributed by atoms with Crippen LogP contribution in [0.5, 0.6) is 5.75 Å². The Morgan fingerprint density at radius 3 is 2.23 bits per heavy atom. The molecule has 44 heavy (non-hydrogen) atoms. The lowest BCUT2D eigenvalue weighted by Crippen LogP contribution is -2.67. The predicted molar refractivity (Wildman–Crippen MR) is 164 cm³/mol. The van der Waals surface area contributed by atoms with Gasteiger partial charge in [0, 0.05) is 34.3 Å². The number of phenols is 1. The lowest BCUT2D eigenvalue weighted by atomic mass is 9.44. The normalized spacial score (nSPS) is 28.1. The second-order valence-corrected chi connectivity index (χ2v) is 13.5. The topological polar surface area (TPSA) is 149 Å². The SMILES string of the molecule is CCc1cc(CCC(=O)c2ccccc2)c(O)c2c1C[C@]1(C)C[C@]3(C)C(C(C)C)C(O)=C(C(C)=O)C(=O)[C@]3(O)C(O)=C1C2=O. The second kappa shape index (κ2) is 10.5. The molecule has 0 saturated carbocycles. The molecule has 232 valence electrons. The van der Waals surface area contributed by atoms with Crippen LogP contribution in [-0.4, -0.2) is 49.2 Å². The smallest absolute Gasteiger partial charge is 0.209 e. The molecular formula is C36H40O8. The Hall–Kier alpha value is -4.04. The number of benzene rings is 2. The van der Waals surface area contributed by atoms with Gasteiger partial charge in [0.05, 0.1) is 5.56 Å². The maximum absolute atomic E-state index is 14.4. The average molecular weight is 601 g/mol. The summed E-state index contributed by atoms with van der Waals surface area (Å²) < 4.78 is 0. The van der Waals surface area contributed by atoms with Crippen molar-refractivity contribution in [3.8, 4) is 5.75 Å². The van der Waals surface area contributed by atoms with E-state index >= 15 is 0 Å². The minimum atomic E-state index is -2.65. The van der Waals surface area contributed by atoms with E-state index in [0.29, 0.717) is 23.1 Å². The Morgan fingerprint density at radius 2 is 1.66 bits per heavy atom. The highest BCUT2D eigenvalue weighted by molar-refractivity contribution is 6.25. The molecule has 5 rings (SSSR count). The van der Waals surface area contributed by atoms with Crippen molar-refractivity contribution in [2.24, 2.45) is 22.7 Å². The number of carbonyl (C=O) groups excluding carboxylic acids is 4. The van der Waals surface area contributed by atoms with E-state index in [1.54, 1.807) is 52.0 Å². The van der Waals surface area contributed by atoms with Crippen molar-refractivity contribution in [2.75, 3.05) is 0 Å². The third-order valence-corrected chi connectivity index (χ3v) is 10.3. The number of carbonyl (C=O) groups is 4. The van der Waals surface area contributed by atoms with Gasteiger partial charge >= 0.3 is 0 Å². The van der Waals surface area contributed by atoms with Crippen molar-refractivity contribution < 1.29 is 39.6 Å². The standard InChI is InChI=1S/C36H40O8/c1-7-20-15-22(13-14-24(38)21-11-9-8-10-12-21)29(39)26-23(20)16-34(5)17-35(6)27(18(2)3)30(40)25(19(4)37)32(42)36(35,44)33(43)28(34)31(26)41/h8-12,15,18,27,39-40,43-44H,7,13-14,16-17H2,1-6H3/t27?,34-,35-,36+/m1/s1. The Morgan fingerprint density at radius 1 is 1.02 bits per heavy atom. The van der Waals surface area contributed by atoms with E-state index in [-0.39, 0.29) is 54.3 Å². The van der Waals surface area contributed by atoms with Gasteiger partial charge < -0.3 is 20.4 Å². The van der Waals surface area contributed by atoms with Gasteiger partial charge in [-0.15, -0.1) is 0 Å². The first kappa shape index (κ1) is 31.4. The number of Topliss-reactive ketones (excluding diaryl/α,β-unsaturated/α-hetero) is 4. The summed E-state index contributed by atoms with van der Waals surface area (Å²) in [4.78, 5) is 53.6. The lowest BCUT2D eigenvalue weighted by Gasteiger charge is -2.59. The summed E-state index contributed by atoms with van der Waals surface area (Å²) in [6.45, 7) is 10.1. The molecule has 8 heteroatoms. The fourth-order valence-corrected chi connectivity index (χ4v) is 8.46. The molecule has 0 saturated heterocycles. The van der Waals surface area contributed by atoms with Crippen molar-refractivity contribution in [3.05, 3.63) is 86.9 Å². The Labute approximate surface area is 257 Å². The van der Waals surface area contributed by atoms with Gasteiger partial charge in [0.15, 0.2) is 23.0 Å². The molecule has 4 N–H and O–H groups in total. The monoisotopic (exact) mass is 600 g/mol. The Balaban J connectivity index is 1.67. The van der Waals surface area contributed by atoms with E-state index in [1.165, 1.54) is 0 Å². The number of aliphatic hydroxyl groups is 3. The zero-order valence-corrected chi connectivity index (χ0v) is 26.1. The molecule has 0 radical (unpaired) electrons. The van der Waals surface area contributed by atoms with Crippen molar-refractivity contribution in [1.29, 1.82) is 0 Å². The van der Waals surface area contributed by atoms with E-state index in [1.807, 2.05) is 19.1 Å². The van der Waals surface area contributed by atoms with Crippen molar-refractivity contribution in [2.45, 2.75) is 79.2 Å². The molecule has 3 aliphatic rings. The van der Waals surface area contributed by atoms with Crippen LogP contribution in [0.3, 0.4) is 0 Å². The van der Waals surface area contributed by atoms with Gasteiger partial charge in [0.1, 0.15) is 22.8 Å². The van der Waals surface area contributed by atoms with Gasteiger partial charge in [-0.3, -0.25) is 19.2 Å². The van der Waals surface area contributed by atoms with Crippen molar-refractivity contribution in [3.63, 3.8) is 0 Å². The summed E-state index contributed by atoms with van der Waals surface area (Å²) in [6.07, 6.45) is 1.09. The minimum Gasteiger partial charge on any atom is -0.511 e. The van der Waals surface area contributed by atoms with E-state index < -0.39 is 56.8 Å². The third kappa shape index (κ3) is 4.21. The highest BCUT2D eigenvalue weighted by atomic mass is 16.3. The molecule has 4 atom stereocenters. The molecular weight excluding hydrogens is 560 g/mol. The number of aromatic hydroxyl groups is 1. The summed E-state index contributed by atoms with van der Waals surface area (Å²) in [5, 5.41) is 46.8. The van der Waals surface area contributed by atoms with Crippen LogP contribution < -0.4 is 0 Å². The van der Waals surface area contributed by atoms with Crippen LogP contribution >= 0.6 is 0 Å². The van der Waals surface area contributed by atoms with E-state index in [2.05, 4.69) is 0 Å². The first-order valence-corrected chi connectivity index (χ1v) is 15.2. The summed E-state index contributed by atoms with van der Waals surface area (Å²) in [5.41, 5.74) is -3.55. The van der Waals surface area contributed by atoms with Gasteiger partial charge in [-0.1, -0.05) is 71.0 Å². The first-order chi connectivity index (χ1) is 20.5. The molecule has 3 aliphatic carbocycles. The van der Waals surface area contributed by atoms with Crippen LogP contribution in [0.25, 0.3) is 0 Å². The van der Waals surface area contributed by atoms with Crippen LogP contribution in [0.1, 0.15) is 91.8 Å². The number of allylic oxidation sites excluding steroid dienone is 2. The molecule has 1 unspecified atom stereocenters. The number of rotatable bonds is 7. The Bertz CT molecular complexity index is 1680. The van der Waals surface area contributed by atoms with Crippen LogP contribution in [-0.2, 0) is 28.9 Å². The maximum Gasteiger partial charge on any atom is 0.209 e. The molecule has 0 aliphatic heterocycles. The molecule has 0 aromatic heterocycles. The van der Waals surface area contributed by atoms with Crippen molar-refractivity contribution in [1.82, 2.24) is 0 Å². The van der Waals surface area contributed by atoms with Crippen LogP contribution in [0.2, 0.25) is 0 Å². The van der Waals surface area contributed by atoms with Gasteiger partial charge in [0.25, 0.3) is 0 Å². The predicted octanol–water partition coefficient (Wildman–Crippen LogP) is 5.72. The number of hydrogen-bond acceptors (Lipinski definition) is 8. The lowest BCUT2D eigenvalue weighted by molar-refractivity contribution is -0.171. The average Bonchev–Trinajstić information content (AvgIpc) is 2.94. The molecule has 0 amide bonds. The highest BCUT2D eigenvalue weighted by Crippen LogP contribution is 2.65. The van der Waals surface area contributed by atoms with Crippen molar-refractivity contribution >= 4 is 23.1 Å². The summed E-state index contributed by atoms with van der Waals surface area (Å²) in [7, 11) is 0. The molecule has 0 fully saturated rings. The molecule has 0 spiro atoms. The quantitative estimate of drug-likeness (QED) is 0.233. The fourth-order valence-electron chi connectivity index (χ4n) is 8.46. The zero-order chi connectivity index (χ0) is 32.5. The first-order valence-electron chi connectivity index (χ1n) is 15.2. The molecule has 0 heterocycles. The third-order valence-electron chi connectivity index (χ3n) is 10.3. The number of fused-ring (bicyclic) bond motifs is 3. The second-order valence-electron chi connectivity index (χ2n) is 13.5. The fraction of sp³-hybridized carbons (Fsp3) is 0.444. The summed E-state index contributed by atoms with van der Waals surface area (Å²) in [5.74, 6) is -5.45. The molecule has 0 bridgehead atoms. The largest absolute Gasteiger partial charge is 0.511 e.